The lowest BCUT2D eigenvalue weighted by Crippen LogP contribution is -2.14. The number of nitrogens with one attached hydrogen (secondary N) is 2. The van der Waals surface area contributed by atoms with Crippen LogP contribution in [-0.4, -0.2) is 16.5 Å². The van der Waals surface area contributed by atoms with Gasteiger partial charge in [0.15, 0.2) is 0 Å². The van der Waals surface area contributed by atoms with E-state index in [-0.39, 0.29) is 0 Å². The quantitative estimate of drug-likeness (QED) is 0.884. The highest BCUT2D eigenvalue weighted by atomic mass is 15.1. The number of aryl methyl sites for hydroxylation is 1. The van der Waals surface area contributed by atoms with Crippen LogP contribution < -0.4 is 10.6 Å². The van der Waals surface area contributed by atoms with E-state index in [0.717, 1.165) is 29.6 Å². The van der Waals surface area contributed by atoms with E-state index >= 15 is 0 Å². The van der Waals surface area contributed by atoms with Crippen LogP contribution in [0.5, 0.6) is 0 Å². The Bertz CT molecular complexity index is 562. The Morgan fingerprint density at radius 2 is 1.89 bits per heavy atom. The minimum Gasteiger partial charge on any atom is -0.325 e. The highest BCUT2D eigenvalue weighted by Gasteiger charge is 2.17. The molecule has 1 aliphatic rings. The van der Waals surface area contributed by atoms with Crippen LogP contribution in [0.2, 0.25) is 0 Å². The van der Waals surface area contributed by atoms with Gasteiger partial charge in [0, 0.05) is 11.7 Å². The largest absolute Gasteiger partial charge is 0.325 e. The van der Waals surface area contributed by atoms with Gasteiger partial charge in [-0.2, -0.15) is 0 Å². The second-order valence-electron chi connectivity index (χ2n) is 4.89. The molecule has 2 aromatic heterocycles. The van der Waals surface area contributed by atoms with Crippen molar-refractivity contribution in [3.63, 3.8) is 0 Å². The molecular weight excluding hydrogens is 236 g/mol. The first-order chi connectivity index (χ1) is 9.31. The Kier molecular flexibility index (Phi) is 3.42. The van der Waals surface area contributed by atoms with Gasteiger partial charge in [-0.25, -0.2) is 9.97 Å². The molecule has 1 aliphatic heterocycles. The summed E-state index contributed by atoms with van der Waals surface area (Å²) in [4.78, 5) is 9.10. The highest BCUT2D eigenvalue weighted by Crippen LogP contribution is 2.23. The Hall–Kier alpha value is -1.94. The van der Waals surface area contributed by atoms with Crippen molar-refractivity contribution in [1.29, 1.82) is 0 Å². The Morgan fingerprint density at radius 1 is 1.11 bits per heavy atom. The Balaban J connectivity index is 1.79. The van der Waals surface area contributed by atoms with Gasteiger partial charge in [0.1, 0.15) is 11.6 Å². The van der Waals surface area contributed by atoms with Crippen LogP contribution in [0.4, 0.5) is 11.6 Å². The Labute approximate surface area is 113 Å². The number of aromatic nitrogens is 2. The van der Waals surface area contributed by atoms with Crippen LogP contribution in [0.1, 0.15) is 30.3 Å². The van der Waals surface area contributed by atoms with Crippen LogP contribution in [0.25, 0.3) is 0 Å². The minimum absolute atomic E-state index is 0.396. The summed E-state index contributed by atoms with van der Waals surface area (Å²) in [6, 6.07) is 12.4. The van der Waals surface area contributed by atoms with Crippen molar-refractivity contribution >= 4 is 11.6 Å². The lowest BCUT2D eigenvalue weighted by molar-refractivity contribution is 0.629. The van der Waals surface area contributed by atoms with Crippen LogP contribution >= 0.6 is 0 Å². The summed E-state index contributed by atoms with van der Waals surface area (Å²) in [6.45, 7) is 3.07. The first-order valence-corrected chi connectivity index (χ1v) is 6.72. The third kappa shape index (κ3) is 2.90. The molecule has 0 amide bonds. The molecule has 3 rings (SSSR count). The molecule has 0 unspecified atom stereocenters. The number of pyridine rings is 2. The van der Waals surface area contributed by atoms with Gasteiger partial charge in [-0.05, 0) is 50.6 Å². The summed E-state index contributed by atoms with van der Waals surface area (Å²) < 4.78 is 0. The first kappa shape index (κ1) is 12.1. The van der Waals surface area contributed by atoms with E-state index in [4.69, 9.17) is 0 Å². The molecule has 1 saturated heterocycles. The van der Waals surface area contributed by atoms with E-state index in [1.807, 2.05) is 37.3 Å². The fraction of sp³-hybridized carbons (Fsp3) is 0.333. The van der Waals surface area contributed by atoms with Crippen molar-refractivity contribution in [2.75, 3.05) is 11.9 Å². The molecule has 2 aromatic rings. The Morgan fingerprint density at radius 3 is 2.63 bits per heavy atom. The van der Waals surface area contributed by atoms with Gasteiger partial charge in [-0.3, -0.25) is 0 Å². The SMILES string of the molecule is Cc1cccc(Nc2cccc([C@@H]3CCCN3)n2)n1. The molecule has 19 heavy (non-hydrogen) atoms. The minimum atomic E-state index is 0.396. The molecule has 3 heterocycles. The predicted molar refractivity (Wildman–Crippen MR) is 76.5 cm³/mol. The lowest BCUT2D eigenvalue weighted by atomic mass is 10.1. The highest BCUT2D eigenvalue weighted by molar-refractivity contribution is 5.51. The van der Waals surface area contributed by atoms with Gasteiger partial charge in [-0.15, -0.1) is 0 Å². The summed E-state index contributed by atoms with van der Waals surface area (Å²) in [7, 11) is 0. The lowest BCUT2D eigenvalue weighted by Gasteiger charge is -2.11. The van der Waals surface area contributed by atoms with Crippen LogP contribution in [0, 0.1) is 6.92 Å². The van der Waals surface area contributed by atoms with Crippen molar-refractivity contribution in [1.82, 2.24) is 15.3 Å². The molecule has 1 fully saturated rings. The van der Waals surface area contributed by atoms with E-state index in [2.05, 4.69) is 26.7 Å². The van der Waals surface area contributed by atoms with Gasteiger partial charge in [0.2, 0.25) is 0 Å². The van der Waals surface area contributed by atoms with E-state index < -0.39 is 0 Å². The molecule has 0 aromatic carbocycles. The summed E-state index contributed by atoms with van der Waals surface area (Å²) >= 11 is 0. The predicted octanol–water partition coefficient (Wildman–Crippen LogP) is 2.95. The maximum atomic E-state index is 4.67. The van der Waals surface area contributed by atoms with Crippen LogP contribution in [0.3, 0.4) is 0 Å². The van der Waals surface area contributed by atoms with E-state index in [1.165, 1.54) is 12.8 Å². The van der Waals surface area contributed by atoms with Crippen molar-refractivity contribution in [3.05, 3.63) is 47.8 Å². The first-order valence-electron chi connectivity index (χ1n) is 6.72. The van der Waals surface area contributed by atoms with E-state index in [9.17, 15) is 0 Å². The average molecular weight is 254 g/mol. The molecular formula is C15H18N4. The summed E-state index contributed by atoms with van der Waals surface area (Å²) in [5, 5.41) is 6.73. The maximum Gasteiger partial charge on any atom is 0.131 e. The zero-order chi connectivity index (χ0) is 13.1. The number of rotatable bonds is 3. The third-order valence-corrected chi connectivity index (χ3v) is 3.33. The smallest absolute Gasteiger partial charge is 0.131 e. The average Bonchev–Trinajstić information content (AvgIpc) is 2.93. The summed E-state index contributed by atoms with van der Waals surface area (Å²) in [5.74, 6) is 1.69. The van der Waals surface area contributed by atoms with Crippen molar-refractivity contribution < 1.29 is 0 Å². The monoisotopic (exact) mass is 254 g/mol. The topological polar surface area (TPSA) is 49.8 Å². The maximum absolute atomic E-state index is 4.67. The molecule has 98 valence electrons. The second-order valence-corrected chi connectivity index (χ2v) is 4.89. The second kappa shape index (κ2) is 5.36. The van der Waals surface area contributed by atoms with Gasteiger partial charge >= 0.3 is 0 Å². The summed E-state index contributed by atoms with van der Waals surface area (Å²) in [6.07, 6.45) is 2.39. The van der Waals surface area contributed by atoms with Crippen LogP contribution in [-0.2, 0) is 0 Å². The number of anilines is 2. The molecule has 4 heteroatoms. The third-order valence-electron chi connectivity index (χ3n) is 3.33. The van der Waals surface area contributed by atoms with E-state index in [1.54, 1.807) is 0 Å². The number of nitrogens with zero attached hydrogens (tertiary/aromatic N) is 2. The standard InChI is InChI=1S/C15H18N4/c1-11-5-2-8-14(17-11)19-15-9-3-6-13(18-15)12-7-4-10-16-12/h2-3,5-6,8-9,12,16H,4,7,10H2,1H3,(H,17,18,19)/t12-/m0/s1. The molecule has 2 N–H and O–H groups in total. The fourth-order valence-corrected chi connectivity index (χ4v) is 2.40. The van der Waals surface area contributed by atoms with Crippen molar-refractivity contribution in [2.24, 2.45) is 0 Å². The van der Waals surface area contributed by atoms with Gasteiger partial charge in [0.05, 0.1) is 5.69 Å². The molecule has 0 spiro atoms. The zero-order valence-corrected chi connectivity index (χ0v) is 11.1. The number of hydrogen-bond donors (Lipinski definition) is 2. The fourth-order valence-electron chi connectivity index (χ4n) is 2.40. The van der Waals surface area contributed by atoms with Gasteiger partial charge < -0.3 is 10.6 Å². The molecule has 0 radical (unpaired) electrons. The van der Waals surface area contributed by atoms with Crippen molar-refractivity contribution in [2.45, 2.75) is 25.8 Å². The molecule has 4 nitrogen and oxygen atoms in total. The van der Waals surface area contributed by atoms with E-state index in [0.29, 0.717) is 6.04 Å². The molecule has 0 saturated carbocycles. The zero-order valence-electron chi connectivity index (χ0n) is 11.1. The van der Waals surface area contributed by atoms with Crippen LogP contribution in [0.15, 0.2) is 36.4 Å². The van der Waals surface area contributed by atoms with Gasteiger partial charge in [-0.1, -0.05) is 12.1 Å². The van der Waals surface area contributed by atoms with Crippen molar-refractivity contribution in [3.8, 4) is 0 Å². The number of hydrogen-bond acceptors (Lipinski definition) is 4. The summed E-state index contributed by atoms with van der Waals surface area (Å²) in [5.41, 5.74) is 2.11. The van der Waals surface area contributed by atoms with Gasteiger partial charge in [0.25, 0.3) is 0 Å². The molecule has 0 aliphatic carbocycles. The normalized spacial score (nSPS) is 18.5. The molecule has 1 atom stereocenters. The molecule has 0 bridgehead atoms.